The van der Waals surface area contributed by atoms with Gasteiger partial charge in [0.15, 0.2) is 0 Å². The molecule has 1 atom stereocenters. The third kappa shape index (κ3) is 7.70. The number of halogens is 1. The van der Waals surface area contributed by atoms with Gasteiger partial charge < -0.3 is 15.0 Å². The maximum absolute atomic E-state index is 13.6. The standard InChI is InChI=1S/C26H34BrN3O5S/c1-19(26(32)28-22-8-5-4-6-9-22)29(17-20-12-14-21(27)15-13-20)25(31)18-30(36(3,33)34)23-10-7-11-24(16-23)35-2/h7,10-16,19,22H,4-6,8-9,17-18H2,1-3H3,(H,28,32)/t19-/m1/s1. The van der Waals surface area contributed by atoms with Gasteiger partial charge in [0.1, 0.15) is 18.3 Å². The quantitative estimate of drug-likeness (QED) is 0.457. The van der Waals surface area contributed by atoms with Gasteiger partial charge >= 0.3 is 0 Å². The molecule has 0 aromatic heterocycles. The van der Waals surface area contributed by atoms with Crippen LogP contribution in [0.4, 0.5) is 5.69 Å². The Hall–Kier alpha value is -2.59. The summed E-state index contributed by atoms with van der Waals surface area (Å²) in [5, 5.41) is 3.09. The number of carbonyl (C=O) groups is 2. The van der Waals surface area contributed by atoms with Crippen molar-refractivity contribution >= 4 is 43.5 Å². The molecule has 2 aromatic carbocycles. The maximum Gasteiger partial charge on any atom is 0.244 e. The lowest BCUT2D eigenvalue weighted by Crippen LogP contribution is -2.52. The number of sulfonamides is 1. The van der Waals surface area contributed by atoms with E-state index in [-0.39, 0.29) is 18.5 Å². The zero-order valence-electron chi connectivity index (χ0n) is 20.9. The Morgan fingerprint density at radius 1 is 1.11 bits per heavy atom. The van der Waals surface area contributed by atoms with E-state index in [0.29, 0.717) is 11.4 Å². The highest BCUT2D eigenvalue weighted by Gasteiger charge is 2.31. The molecule has 2 aromatic rings. The number of methoxy groups -OCH3 is 1. The topological polar surface area (TPSA) is 96.0 Å². The van der Waals surface area contributed by atoms with Crippen LogP contribution in [0, 0.1) is 0 Å². The van der Waals surface area contributed by atoms with Crippen LogP contribution in [-0.2, 0) is 26.2 Å². The number of ether oxygens (including phenoxy) is 1. The second kappa shape index (κ2) is 12.6. The number of hydrogen-bond acceptors (Lipinski definition) is 5. The van der Waals surface area contributed by atoms with Crippen molar-refractivity contribution in [3.63, 3.8) is 0 Å². The Morgan fingerprint density at radius 3 is 2.39 bits per heavy atom. The van der Waals surface area contributed by atoms with Crippen LogP contribution in [0.2, 0.25) is 0 Å². The molecule has 1 fully saturated rings. The number of anilines is 1. The molecule has 0 bridgehead atoms. The summed E-state index contributed by atoms with van der Waals surface area (Å²) in [6.07, 6.45) is 6.23. The molecule has 8 nitrogen and oxygen atoms in total. The molecular weight excluding hydrogens is 546 g/mol. The minimum atomic E-state index is -3.80. The van der Waals surface area contributed by atoms with Crippen molar-refractivity contribution in [2.45, 2.75) is 57.7 Å². The lowest BCUT2D eigenvalue weighted by atomic mass is 9.95. The summed E-state index contributed by atoms with van der Waals surface area (Å²) in [6.45, 7) is 1.41. The molecule has 1 N–H and O–H groups in total. The van der Waals surface area contributed by atoms with Crippen molar-refractivity contribution in [3.05, 3.63) is 58.6 Å². The Labute approximate surface area is 222 Å². The van der Waals surface area contributed by atoms with Crippen LogP contribution in [-0.4, -0.2) is 57.1 Å². The third-order valence-corrected chi connectivity index (χ3v) is 8.07. The summed E-state index contributed by atoms with van der Waals surface area (Å²) < 4.78 is 32.5. The second-order valence-corrected chi connectivity index (χ2v) is 12.0. The second-order valence-electron chi connectivity index (χ2n) is 9.14. The zero-order chi connectivity index (χ0) is 26.3. The predicted octanol–water partition coefficient (Wildman–Crippen LogP) is 4.09. The minimum absolute atomic E-state index is 0.0997. The molecule has 0 aliphatic heterocycles. The highest BCUT2D eigenvalue weighted by molar-refractivity contribution is 9.10. The fraction of sp³-hybridized carbons (Fsp3) is 0.462. The van der Waals surface area contributed by atoms with Crippen LogP contribution < -0.4 is 14.4 Å². The lowest BCUT2D eigenvalue weighted by Gasteiger charge is -2.33. The molecule has 0 radical (unpaired) electrons. The number of amides is 2. The highest BCUT2D eigenvalue weighted by Crippen LogP contribution is 2.24. The molecular formula is C26H34BrN3O5S. The molecule has 0 saturated heterocycles. The van der Waals surface area contributed by atoms with E-state index in [4.69, 9.17) is 4.74 Å². The Bertz CT molecular complexity index is 1150. The lowest BCUT2D eigenvalue weighted by molar-refractivity contribution is -0.139. The van der Waals surface area contributed by atoms with E-state index in [1.54, 1.807) is 31.2 Å². The van der Waals surface area contributed by atoms with Crippen molar-refractivity contribution in [3.8, 4) is 5.75 Å². The van der Waals surface area contributed by atoms with E-state index in [9.17, 15) is 18.0 Å². The van der Waals surface area contributed by atoms with Crippen molar-refractivity contribution < 1.29 is 22.7 Å². The Kier molecular flexibility index (Phi) is 9.78. The van der Waals surface area contributed by atoms with Gasteiger partial charge in [-0.1, -0.05) is 53.4 Å². The van der Waals surface area contributed by atoms with Crippen LogP contribution >= 0.6 is 15.9 Å². The summed E-state index contributed by atoms with van der Waals surface area (Å²) in [5.41, 5.74) is 1.14. The summed E-state index contributed by atoms with van der Waals surface area (Å²) in [5.74, 6) is -0.238. The molecule has 1 saturated carbocycles. The van der Waals surface area contributed by atoms with E-state index in [1.807, 2.05) is 24.3 Å². The first kappa shape index (κ1) is 28.0. The van der Waals surface area contributed by atoms with Crippen molar-refractivity contribution in [1.82, 2.24) is 10.2 Å². The maximum atomic E-state index is 13.6. The number of nitrogens with one attached hydrogen (secondary N) is 1. The van der Waals surface area contributed by atoms with E-state index >= 15 is 0 Å². The van der Waals surface area contributed by atoms with E-state index in [0.717, 1.165) is 46.3 Å². The van der Waals surface area contributed by atoms with Gasteiger partial charge in [0, 0.05) is 23.1 Å². The first-order chi connectivity index (χ1) is 17.1. The first-order valence-electron chi connectivity index (χ1n) is 12.0. The van der Waals surface area contributed by atoms with Gasteiger partial charge in [-0.15, -0.1) is 0 Å². The van der Waals surface area contributed by atoms with Gasteiger partial charge in [-0.25, -0.2) is 8.42 Å². The minimum Gasteiger partial charge on any atom is -0.497 e. The number of rotatable bonds is 10. The highest BCUT2D eigenvalue weighted by atomic mass is 79.9. The molecule has 10 heteroatoms. The van der Waals surface area contributed by atoms with Crippen molar-refractivity contribution in [2.75, 3.05) is 24.2 Å². The zero-order valence-corrected chi connectivity index (χ0v) is 23.3. The van der Waals surface area contributed by atoms with E-state index < -0.39 is 28.5 Å². The molecule has 2 amide bonds. The molecule has 0 spiro atoms. The predicted molar refractivity (Wildman–Crippen MR) is 144 cm³/mol. The monoisotopic (exact) mass is 579 g/mol. The van der Waals surface area contributed by atoms with Crippen LogP contribution in [0.5, 0.6) is 5.75 Å². The third-order valence-electron chi connectivity index (χ3n) is 6.41. The number of carbonyl (C=O) groups excluding carboxylic acids is 2. The van der Waals surface area contributed by atoms with Gasteiger partial charge in [-0.3, -0.25) is 13.9 Å². The molecule has 196 valence electrons. The van der Waals surface area contributed by atoms with E-state index in [2.05, 4.69) is 21.2 Å². The molecule has 36 heavy (non-hydrogen) atoms. The number of hydrogen-bond donors (Lipinski definition) is 1. The molecule has 3 rings (SSSR count). The number of nitrogens with zero attached hydrogens (tertiary/aromatic N) is 2. The van der Waals surface area contributed by atoms with Gasteiger partial charge in [0.05, 0.1) is 19.1 Å². The van der Waals surface area contributed by atoms with Crippen molar-refractivity contribution in [2.24, 2.45) is 0 Å². The normalized spacial score (nSPS) is 15.1. The first-order valence-corrected chi connectivity index (χ1v) is 14.7. The van der Waals surface area contributed by atoms with Gasteiger partial charge in [0.25, 0.3) is 0 Å². The largest absolute Gasteiger partial charge is 0.497 e. The smallest absolute Gasteiger partial charge is 0.244 e. The molecule has 1 aliphatic rings. The Balaban J connectivity index is 1.87. The summed E-state index contributed by atoms with van der Waals surface area (Å²) in [4.78, 5) is 28.3. The molecule has 0 heterocycles. The van der Waals surface area contributed by atoms with Crippen LogP contribution in [0.1, 0.15) is 44.6 Å². The van der Waals surface area contributed by atoms with Gasteiger partial charge in [0.2, 0.25) is 21.8 Å². The van der Waals surface area contributed by atoms with Crippen LogP contribution in [0.15, 0.2) is 53.0 Å². The van der Waals surface area contributed by atoms with Gasteiger partial charge in [-0.2, -0.15) is 0 Å². The summed E-state index contributed by atoms with van der Waals surface area (Å²) in [6, 6.07) is 13.3. The van der Waals surface area contributed by atoms with E-state index in [1.165, 1.54) is 18.4 Å². The van der Waals surface area contributed by atoms with Gasteiger partial charge in [-0.05, 0) is 49.6 Å². The average molecular weight is 581 g/mol. The molecule has 1 aliphatic carbocycles. The molecule has 0 unspecified atom stereocenters. The summed E-state index contributed by atoms with van der Waals surface area (Å²) >= 11 is 3.41. The fourth-order valence-electron chi connectivity index (χ4n) is 4.32. The Morgan fingerprint density at radius 2 is 1.78 bits per heavy atom. The number of benzene rings is 2. The van der Waals surface area contributed by atoms with Crippen LogP contribution in [0.25, 0.3) is 0 Å². The van der Waals surface area contributed by atoms with Crippen LogP contribution in [0.3, 0.4) is 0 Å². The summed E-state index contributed by atoms with van der Waals surface area (Å²) in [7, 11) is -2.31. The SMILES string of the molecule is COc1cccc(N(CC(=O)N(Cc2ccc(Br)cc2)[C@H](C)C(=O)NC2CCCCC2)S(C)(=O)=O)c1. The van der Waals surface area contributed by atoms with Crippen molar-refractivity contribution in [1.29, 1.82) is 0 Å². The fourth-order valence-corrected chi connectivity index (χ4v) is 5.42. The average Bonchev–Trinajstić information content (AvgIpc) is 2.86.